The molecule has 0 atom stereocenters. The van der Waals surface area contributed by atoms with Crippen molar-refractivity contribution in [3.8, 4) is 0 Å². The maximum Gasteiger partial charge on any atom is 0.148 e. The number of anilines is 1. The van der Waals surface area contributed by atoms with Crippen LogP contribution in [0.4, 0.5) is 5.00 Å². The van der Waals surface area contributed by atoms with Crippen LogP contribution in [-0.2, 0) is 6.54 Å². The van der Waals surface area contributed by atoms with Gasteiger partial charge in [-0.25, -0.2) is 5.84 Å². The van der Waals surface area contributed by atoms with Crippen molar-refractivity contribution >= 4 is 16.5 Å². The first-order valence-corrected chi connectivity index (χ1v) is 5.11. The average molecular weight is 215 g/mol. The Morgan fingerprint density at radius 3 is 3.00 bits per heavy atom. The number of hydrogen-bond donors (Lipinski definition) is 3. The zero-order chi connectivity index (χ0) is 10.2. The Labute approximate surface area is 85.9 Å². The van der Waals surface area contributed by atoms with Crippen molar-refractivity contribution in [2.45, 2.75) is 19.1 Å². The fraction of sp³-hybridized carbons (Fsp3) is 0.714. The van der Waals surface area contributed by atoms with Crippen LogP contribution in [0.1, 0.15) is 12.6 Å². The van der Waals surface area contributed by atoms with E-state index in [0.717, 1.165) is 10.7 Å². The molecule has 0 saturated carbocycles. The molecule has 0 amide bonds. The molecular weight excluding hydrogens is 202 g/mol. The first-order valence-electron chi connectivity index (χ1n) is 4.33. The minimum atomic E-state index is -0.542. The number of rotatable bonds is 3. The van der Waals surface area contributed by atoms with Gasteiger partial charge in [0.2, 0.25) is 0 Å². The third kappa shape index (κ3) is 1.85. The lowest BCUT2D eigenvalue weighted by Crippen LogP contribution is -2.59. The van der Waals surface area contributed by atoms with Gasteiger partial charge in [0, 0.05) is 31.2 Å². The Morgan fingerprint density at radius 1 is 1.71 bits per heavy atom. The van der Waals surface area contributed by atoms with Gasteiger partial charge in [-0.15, -0.1) is 5.10 Å². The number of hydrazine groups is 1. The normalized spacial score (nSPS) is 20.5. The minimum absolute atomic E-state index is 0.542. The lowest BCUT2D eigenvalue weighted by Gasteiger charge is -2.43. The van der Waals surface area contributed by atoms with E-state index in [1.54, 1.807) is 0 Å². The number of nitrogens with one attached hydrogen (secondary N) is 1. The molecule has 14 heavy (non-hydrogen) atoms. The number of nitrogen functional groups attached to an aromatic ring is 1. The smallest absolute Gasteiger partial charge is 0.148 e. The monoisotopic (exact) mass is 215 g/mol. The lowest BCUT2D eigenvalue weighted by molar-refractivity contribution is -0.0874. The van der Waals surface area contributed by atoms with Gasteiger partial charge in [-0.3, -0.25) is 4.90 Å². The average Bonchev–Trinajstić information content (AvgIpc) is 2.48. The number of nitrogens with two attached hydrogens (primary N) is 1. The SMILES string of the molecule is CC1(O)CN(Cc2nnsc2NN)C1. The van der Waals surface area contributed by atoms with Crippen LogP contribution in [0.2, 0.25) is 0 Å². The topological polar surface area (TPSA) is 87.3 Å². The number of likely N-dealkylation sites (tertiary alicyclic amines) is 1. The highest BCUT2D eigenvalue weighted by Crippen LogP contribution is 2.24. The second-order valence-corrected chi connectivity index (χ2v) is 4.59. The molecule has 7 heteroatoms. The van der Waals surface area contributed by atoms with Gasteiger partial charge in [-0.05, 0) is 6.92 Å². The van der Waals surface area contributed by atoms with Crippen molar-refractivity contribution in [3.63, 3.8) is 0 Å². The van der Waals surface area contributed by atoms with Crippen molar-refractivity contribution < 1.29 is 5.11 Å². The van der Waals surface area contributed by atoms with Crippen LogP contribution in [-0.4, -0.2) is 38.3 Å². The summed E-state index contributed by atoms with van der Waals surface area (Å²) in [7, 11) is 0. The molecule has 0 bridgehead atoms. The third-order valence-electron chi connectivity index (χ3n) is 2.19. The lowest BCUT2D eigenvalue weighted by atomic mass is 9.97. The minimum Gasteiger partial charge on any atom is -0.388 e. The second-order valence-electron chi connectivity index (χ2n) is 3.84. The van der Waals surface area contributed by atoms with Gasteiger partial charge in [-0.2, -0.15) is 0 Å². The zero-order valence-electron chi connectivity index (χ0n) is 7.90. The predicted octanol–water partition coefficient (Wildman–Crippen LogP) is -0.610. The summed E-state index contributed by atoms with van der Waals surface area (Å²) in [4.78, 5) is 2.09. The molecule has 2 heterocycles. The number of nitrogens with zero attached hydrogens (tertiary/aromatic N) is 3. The van der Waals surface area contributed by atoms with E-state index in [0.29, 0.717) is 19.6 Å². The summed E-state index contributed by atoms with van der Waals surface area (Å²) >= 11 is 1.24. The van der Waals surface area contributed by atoms with Gasteiger partial charge >= 0.3 is 0 Å². The molecule has 6 nitrogen and oxygen atoms in total. The van der Waals surface area contributed by atoms with E-state index in [9.17, 15) is 5.11 Å². The Hall–Kier alpha value is -0.760. The molecule has 78 valence electrons. The first kappa shape index (κ1) is 9.78. The van der Waals surface area contributed by atoms with Crippen molar-refractivity contribution in [1.29, 1.82) is 0 Å². The fourth-order valence-electron chi connectivity index (χ4n) is 1.66. The highest BCUT2D eigenvalue weighted by atomic mass is 32.1. The van der Waals surface area contributed by atoms with Gasteiger partial charge < -0.3 is 10.5 Å². The molecule has 0 aliphatic carbocycles. The van der Waals surface area contributed by atoms with Crippen molar-refractivity contribution in [2.75, 3.05) is 18.5 Å². The molecule has 1 fully saturated rings. The Kier molecular flexibility index (Phi) is 2.40. The Morgan fingerprint density at radius 2 is 2.43 bits per heavy atom. The van der Waals surface area contributed by atoms with E-state index in [4.69, 9.17) is 5.84 Å². The molecule has 0 spiro atoms. The van der Waals surface area contributed by atoms with E-state index in [2.05, 4.69) is 19.9 Å². The van der Waals surface area contributed by atoms with E-state index in [-0.39, 0.29) is 0 Å². The highest BCUT2D eigenvalue weighted by molar-refractivity contribution is 7.10. The predicted molar refractivity (Wildman–Crippen MR) is 53.6 cm³/mol. The van der Waals surface area contributed by atoms with Crippen LogP contribution in [0.15, 0.2) is 0 Å². The molecular formula is C7H13N5OS. The maximum atomic E-state index is 9.52. The highest BCUT2D eigenvalue weighted by Gasteiger charge is 2.36. The summed E-state index contributed by atoms with van der Waals surface area (Å²) in [5.41, 5.74) is 2.85. The van der Waals surface area contributed by atoms with E-state index >= 15 is 0 Å². The number of aliphatic hydroxyl groups is 1. The molecule has 0 radical (unpaired) electrons. The molecule has 4 N–H and O–H groups in total. The quantitative estimate of drug-likeness (QED) is 0.460. The van der Waals surface area contributed by atoms with Crippen LogP contribution in [0.25, 0.3) is 0 Å². The third-order valence-corrected chi connectivity index (χ3v) is 2.89. The summed E-state index contributed by atoms with van der Waals surface area (Å²) < 4.78 is 3.80. The standard InChI is InChI=1S/C7H13N5OS/c1-7(13)3-12(4-7)2-5-6(9-8)14-11-10-5/h9,13H,2-4,8H2,1H3. The van der Waals surface area contributed by atoms with E-state index in [1.165, 1.54) is 11.5 Å². The van der Waals surface area contributed by atoms with Crippen LogP contribution in [0, 0.1) is 0 Å². The van der Waals surface area contributed by atoms with E-state index in [1.807, 2.05) is 6.92 Å². The van der Waals surface area contributed by atoms with Crippen molar-refractivity contribution in [1.82, 2.24) is 14.5 Å². The molecule has 0 unspecified atom stereocenters. The zero-order valence-corrected chi connectivity index (χ0v) is 8.71. The summed E-state index contributed by atoms with van der Waals surface area (Å²) in [6.07, 6.45) is 0. The van der Waals surface area contributed by atoms with E-state index < -0.39 is 5.60 Å². The Balaban J connectivity index is 1.93. The second kappa shape index (κ2) is 3.43. The summed E-state index contributed by atoms with van der Waals surface area (Å²) in [6.45, 7) is 3.86. The van der Waals surface area contributed by atoms with Crippen molar-refractivity contribution in [2.24, 2.45) is 5.84 Å². The molecule has 1 saturated heterocycles. The number of aromatic nitrogens is 2. The first-order chi connectivity index (χ1) is 6.61. The van der Waals surface area contributed by atoms with Gasteiger partial charge in [0.25, 0.3) is 0 Å². The summed E-state index contributed by atoms with van der Waals surface area (Å²) in [5.74, 6) is 5.30. The van der Waals surface area contributed by atoms with Crippen LogP contribution in [0.5, 0.6) is 0 Å². The van der Waals surface area contributed by atoms with Gasteiger partial charge in [0.15, 0.2) is 0 Å². The largest absolute Gasteiger partial charge is 0.388 e. The van der Waals surface area contributed by atoms with Crippen LogP contribution < -0.4 is 11.3 Å². The van der Waals surface area contributed by atoms with Gasteiger partial charge in [0.1, 0.15) is 10.7 Å². The molecule has 1 aromatic rings. The fourth-order valence-corrected chi connectivity index (χ4v) is 2.15. The van der Waals surface area contributed by atoms with Gasteiger partial charge in [-0.1, -0.05) is 4.49 Å². The molecule has 0 aromatic carbocycles. The van der Waals surface area contributed by atoms with Gasteiger partial charge in [0.05, 0.1) is 5.60 Å². The number of β-amino-alcohol motifs (C(OH)–C–C–N with tert-alkyl or cyclic N) is 1. The maximum absolute atomic E-state index is 9.52. The molecule has 1 aliphatic rings. The Bertz CT molecular complexity index is 318. The molecule has 2 rings (SSSR count). The van der Waals surface area contributed by atoms with Crippen molar-refractivity contribution in [3.05, 3.63) is 5.69 Å². The number of hydrogen-bond acceptors (Lipinski definition) is 7. The molecule has 1 aromatic heterocycles. The van der Waals surface area contributed by atoms with Crippen LogP contribution in [0.3, 0.4) is 0 Å². The summed E-state index contributed by atoms with van der Waals surface area (Å²) in [6, 6.07) is 0. The summed E-state index contributed by atoms with van der Waals surface area (Å²) in [5, 5.41) is 14.3. The van der Waals surface area contributed by atoms with Crippen LogP contribution >= 0.6 is 11.5 Å². The molecule has 1 aliphatic heterocycles.